The molecule has 104 valence electrons. The summed E-state index contributed by atoms with van der Waals surface area (Å²) in [5.74, 6) is -1.16. The van der Waals surface area contributed by atoms with Crippen molar-refractivity contribution in [3.63, 3.8) is 0 Å². The molecule has 0 N–H and O–H groups in total. The van der Waals surface area contributed by atoms with Gasteiger partial charge in [-0.1, -0.05) is 0 Å². The quantitative estimate of drug-likeness (QED) is 0.503. The van der Waals surface area contributed by atoms with Gasteiger partial charge in [-0.25, -0.2) is 8.78 Å². The largest absolute Gasteiger partial charge is 0.496 e. The summed E-state index contributed by atoms with van der Waals surface area (Å²) in [7, 11) is 1.36. The summed E-state index contributed by atoms with van der Waals surface area (Å²) in [6.07, 6.45) is 0. The highest BCUT2D eigenvalue weighted by Gasteiger charge is 2.19. The van der Waals surface area contributed by atoms with E-state index in [0.717, 1.165) is 6.07 Å². The number of carbonyl (C=O) groups is 1. The molecule has 0 heterocycles. The molecule has 2 aromatic carbocycles. The van der Waals surface area contributed by atoms with Crippen molar-refractivity contribution in [2.45, 2.75) is 0 Å². The van der Waals surface area contributed by atoms with Gasteiger partial charge in [-0.3, -0.25) is 4.79 Å². The van der Waals surface area contributed by atoms with Crippen molar-refractivity contribution in [2.24, 2.45) is 0 Å². The van der Waals surface area contributed by atoms with Crippen LogP contribution in [0.5, 0.6) is 5.75 Å². The van der Waals surface area contributed by atoms with Gasteiger partial charge in [0.05, 0.1) is 17.1 Å². The normalized spacial score (nSPS) is 10.4. The predicted molar refractivity (Wildman–Crippen MR) is 83.2 cm³/mol. The number of methoxy groups -OCH3 is 1. The maximum atomic E-state index is 13.5. The van der Waals surface area contributed by atoms with Gasteiger partial charge in [0, 0.05) is 15.2 Å². The molecule has 0 spiro atoms. The number of ketones is 1. The Morgan fingerprint density at radius 3 is 2.50 bits per heavy atom. The highest BCUT2D eigenvalue weighted by atomic mass is 127. The zero-order valence-electron chi connectivity index (χ0n) is 10.2. The third kappa shape index (κ3) is 3.01. The first kappa shape index (κ1) is 15.4. The van der Waals surface area contributed by atoms with Crippen molar-refractivity contribution in [1.29, 1.82) is 0 Å². The fourth-order valence-corrected chi connectivity index (χ4v) is 2.76. The second kappa shape index (κ2) is 6.17. The summed E-state index contributed by atoms with van der Waals surface area (Å²) in [6, 6.07) is 6.36. The molecule has 0 amide bonds. The van der Waals surface area contributed by atoms with E-state index in [1.807, 2.05) is 22.6 Å². The van der Waals surface area contributed by atoms with Crippen LogP contribution in [0.25, 0.3) is 0 Å². The molecule has 0 atom stereocenters. The van der Waals surface area contributed by atoms with Crippen LogP contribution < -0.4 is 4.74 Å². The second-order valence-electron chi connectivity index (χ2n) is 3.92. The topological polar surface area (TPSA) is 26.3 Å². The number of hydrogen-bond acceptors (Lipinski definition) is 2. The van der Waals surface area contributed by atoms with Crippen molar-refractivity contribution in [3.8, 4) is 5.75 Å². The average molecular weight is 453 g/mol. The number of ether oxygens (including phenoxy) is 1. The van der Waals surface area contributed by atoms with Gasteiger partial charge in [-0.05, 0) is 62.8 Å². The molecule has 0 bridgehead atoms. The van der Waals surface area contributed by atoms with Crippen LogP contribution in [0.15, 0.2) is 34.8 Å². The summed E-state index contributed by atoms with van der Waals surface area (Å²) in [4.78, 5) is 12.5. The smallest absolute Gasteiger partial charge is 0.197 e. The number of halogens is 4. The van der Waals surface area contributed by atoms with Gasteiger partial charge in [0.25, 0.3) is 0 Å². The van der Waals surface area contributed by atoms with Crippen LogP contribution >= 0.6 is 38.5 Å². The Labute approximate surface area is 136 Å². The van der Waals surface area contributed by atoms with Gasteiger partial charge < -0.3 is 4.74 Å². The molecule has 0 aliphatic heterocycles. The summed E-state index contributed by atoms with van der Waals surface area (Å²) in [6.45, 7) is 0. The molecule has 0 unspecified atom stereocenters. The van der Waals surface area contributed by atoms with E-state index >= 15 is 0 Å². The molecule has 2 nitrogen and oxygen atoms in total. The summed E-state index contributed by atoms with van der Waals surface area (Å²) in [5, 5.41) is 0. The van der Waals surface area contributed by atoms with E-state index in [4.69, 9.17) is 4.74 Å². The summed E-state index contributed by atoms with van der Waals surface area (Å²) >= 11 is 4.92. The maximum Gasteiger partial charge on any atom is 0.197 e. The highest BCUT2D eigenvalue weighted by molar-refractivity contribution is 14.1. The van der Waals surface area contributed by atoms with Crippen LogP contribution in [-0.2, 0) is 0 Å². The molecule has 0 fully saturated rings. The van der Waals surface area contributed by atoms with Gasteiger partial charge in [0.1, 0.15) is 17.4 Å². The van der Waals surface area contributed by atoms with Crippen LogP contribution in [0.3, 0.4) is 0 Å². The van der Waals surface area contributed by atoms with Crippen molar-refractivity contribution in [3.05, 3.63) is 61.1 Å². The van der Waals surface area contributed by atoms with Crippen molar-refractivity contribution >= 4 is 44.3 Å². The monoisotopic (exact) mass is 452 g/mol. The SMILES string of the molecule is COc1cc(F)c(Br)cc1C(=O)c1ccc(F)cc1I. The Kier molecular flexibility index (Phi) is 4.74. The molecule has 2 rings (SSSR count). The lowest BCUT2D eigenvalue weighted by molar-refractivity contribution is 0.103. The fourth-order valence-electron chi connectivity index (χ4n) is 1.69. The van der Waals surface area contributed by atoms with Gasteiger partial charge in [-0.2, -0.15) is 0 Å². The van der Waals surface area contributed by atoms with Crippen LogP contribution in [0.4, 0.5) is 8.78 Å². The Bertz CT molecular complexity index is 689. The van der Waals surface area contributed by atoms with E-state index in [1.165, 1.54) is 31.4 Å². The van der Waals surface area contributed by atoms with Gasteiger partial charge in [0.2, 0.25) is 0 Å². The zero-order chi connectivity index (χ0) is 14.9. The molecular formula is C14H8BrF2IO2. The molecule has 20 heavy (non-hydrogen) atoms. The van der Waals surface area contributed by atoms with Gasteiger partial charge >= 0.3 is 0 Å². The van der Waals surface area contributed by atoms with Gasteiger partial charge in [-0.15, -0.1) is 0 Å². The van der Waals surface area contributed by atoms with Crippen LogP contribution in [0.2, 0.25) is 0 Å². The van der Waals surface area contributed by atoms with E-state index in [-0.39, 0.29) is 21.6 Å². The number of carbonyl (C=O) groups excluding carboxylic acids is 1. The molecule has 0 radical (unpaired) electrons. The molecule has 0 aliphatic rings. The summed E-state index contributed by atoms with van der Waals surface area (Å²) in [5.41, 5.74) is 0.550. The average Bonchev–Trinajstić information content (AvgIpc) is 2.40. The van der Waals surface area contributed by atoms with Gasteiger partial charge in [0.15, 0.2) is 5.78 Å². The standard InChI is InChI=1S/C14H8BrF2IO2/c1-20-13-6-11(17)10(15)5-9(13)14(19)8-3-2-7(16)4-12(8)18/h2-6H,1H3. The number of rotatable bonds is 3. The van der Waals surface area contributed by atoms with E-state index in [9.17, 15) is 13.6 Å². The molecular weight excluding hydrogens is 445 g/mol. The second-order valence-corrected chi connectivity index (χ2v) is 5.94. The lowest BCUT2D eigenvalue weighted by atomic mass is 10.0. The van der Waals surface area contributed by atoms with Crippen LogP contribution in [0, 0.1) is 15.2 Å². The Morgan fingerprint density at radius 2 is 1.90 bits per heavy atom. The maximum absolute atomic E-state index is 13.5. The van der Waals surface area contributed by atoms with Crippen molar-refractivity contribution < 1.29 is 18.3 Å². The molecule has 0 aliphatic carbocycles. The molecule has 0 saturated heterocycles. The first-order valence-electron chi connectivity index (χ1n) is 5.47. The van der Waals surface area contributed by atoms with Crippen molar-refractivity contribution in [2.75, 3.05) is 7.11 Å². The molecule has 0 saturated carbocycles. The minimum absolute atomic E-state index is 0.135. The van der Waals surface area contributed by atoms with Crippen LogP contribution in [0.1, 0.15) is 15.9 Å². The summed E-state index contributed by atoms with van der Waals surface area (Å²) < 4.78 is 32.2. The fraction of sp³-hybridized carbons (Fsp3) is 0.0714. The highest BCUT2D eigenvalue weighted by Crippen LogP contribution is 2.29. The third-order valence-corrected chi connectivity index (χ3v) is 4.16. The zero-order valence-corrected chi connectivity index (χ0v) is 14.0. The lowest BCUT2D eigenvalue weighted by Crippen LogP contribution is -2.07. The van der Waals surface area contributed by atoms with E-state index in [0.29, 0.717) is 9.13 Å². The minimum Gasteiger partial charge on any atom is -0.496 e. The van der Waals surface area contributed by atoms with Crippen LogP contribution in [-0.4, -0.2) is 12.9 Å². The van der Waals surface area contributed by atoms with E-state index in [1.54, 1.807) is 0 Å². The molecule has 6 heteroatoms. The molecule has 0 aromatic heterocycles. The van der Waals surface area contributed by atoms with E-state index in [2.05, 4.69) is 15.9 Å². The van der Waals surface area contributed by atoms with E-state index < -0.39 is 11.6 Å². The Morgan fingerprint density at radius 1 is 1.20 bits per heavy atom. The third-order valence-electron chi connectivity index (χ3n) is 2.66. The minimum atomic E-state index is -0.521. The van der Waals surface area contributed by atoms with Crippen molar-refractivity contribution in [1.82, 2.24) is 0 Å². The predicted octanol–water partition coefficient (Wildman–Crippen LogP) is 4.57. The Balaban J connectivity index is 2.55. The first-order chi connectivity index (χ1) is 9.43. The molecule has 2 aromatic rings. The number of benzene rings is 2. The number of hydrogen-bond donors (Lipinski definition) is 0. The first-order valence-corrected chi connectivity index (χ1v) is 7.34. The Hall–Kier alpha value is -1.02. The lowest BCUT2D eigenvalue weighted by Gasteiger charge is -2.10.